The Labute approximate surface area is 222 Å². The SMILES string of the molecule is Cc1ncc(NC(=O)CN2CCC23CCC3)cc1NC(=O)c1cnn2cc(-c3cnn4c3OCCC4)sc12. The summed E-state index contributed by atoms with van der Waals surface area (Å²) in [5, 5.41) is 14.7. The number of hydrogen-bond donors (Lipinski definition) is 2. The summed E-state index contributed by atoms with van der Waals surface area (Å²) in [5.41, 5.74) is 3.39. The third-order valence-corrected chi connectivity index (χ3v) is 9.15. The van der Waals surface area contributed by atoms with E-state index in [2.05, 4.69) is 30.7 Å². The maximum atomic E-state index is 13.3. The Bertz CT molecular complexity index is 1560. The summed E-state index contributed by atoms with van der Waals surface area (Å²) in [5.74, 6) is 0.404. The van der Waals surface area contributed by atoms with Crippen LogP contribution in [0.4, 0.5) is 11.4 Å². The largest absolute Gasteiger partial charge is 0.477 e. The first-order valence-electron chi connectivity index (χ1n) is 13.0. The Hall–Kier alpha value is -3.77. The van der Waals surface area contributed by atoms with E-state index in [1.165, 1.54) is 37.0 Å². The fourth-order valence-electron chi connectivity index (χ4n) is 5.58. The molecule has 11 nitrogen and oxygen atoms in total. The molecule has 1 aliphatic carbocycles. The van der Waals surface area contributed by atoms with Crippen molar-refractivity contribution in [1.82, 2.24) is 29.3 Å². The van der Waals surface area contributed by atoms with Crippen LogP contribution in [0.25, 0.3) is 15.3 Å². The Morgan fingerprint density at radius 3 is 2.79 bits per heavy atom. The third kappa shape index (κ3) is 3.86. The molecule has 4 aromatic rings. The number of aryl methyl sites for hydroxylation is 2. The van der Waals surface area contributed by atoms with Gasteiger partial charge in [-0.1, -0.05) is 0 Å². The number of thiazole rings is 1. The highest BCUT2D eigenvalue weighted by Crippen LogP contribution is 2.46. The van der Waals surface area contributed by atoms with Crippen molar-refractivity contribution in [3.63, 3.8) is 0 Å². The molecule has 0 unspecified atom stereocenters. The first-order valence-corrected chi connectivity index (χ1v) is 13.8. The Morgan fingerprint density at radius 2 is 2.00 bits per heavy atom. The number of fused-ring (bicyclic) bond motifs is 2. The molecule has 2 N–H and O–H groups in total. The second-order valence-electron chi connectivity index (χ2n) is 10.3. The standard InChI is InChI=1S/C26H28N8O3S/c1-16-20(10-17(11-27-16)30-22(35)15-32-8-6-26(32)4-2-5-26)31-23(36)19-13-29-34-14-21(38-25(19)34)18-12-28-33-7-3-9-37-24(18)33/h10-14H,2-9,15H2,1H3,(H,30,35)(H,31,36). The smallest absolute Gasteiger partial charge is 0.260 e. The van der Waals surface area contributed by atoms with Crippen LogP contribution in [-0.2, 0) is 11.3 Å². The number of nitrogens with zero attached hydrogens (tertiary/aromatic N) is 6. The Balaban J connectivity index is 1.07. The molecule has 7 rings (SSSR count). The van der Waals surface area contributed by atoms with Crippen molar-refractivity contribution in [1.29, 1.82) is 0 Å². The lowest BCUT2D eigenvalue weighted by molar-refractivity contribution is -0.127. The summed E-state index contributed by atoms with van der Waals surface area (Å²) in [6.07, 6.45) is 12.6. The lowest BCUT2D eigenvalue weighted by Crippen LogP contribution is -2.65. The van der Waals surface area contributed by atoms with Gasteiger partial charge in [0.05, 0.1) is 64.8 Å². The molecule has 0 bridgehead atoms. The van der Waals surface area contributed by atoms with E-state index in [0.29, 0.717) is 35.8 Å². The predicted octanol–water partition coefficient (Wildman–Crippen LogP) is 3.56. The number of carbonyl (C=O) groups is 2. The van der Waals surface area contributed by atoms with Crippen molar-refractivity contribution in [2.24, 2.45) is 0 Å². The summed E-state index contributed by atoms with van der Waals surface area (Å²) in [7, 11) is 0. The summed E-state index contributed by atoms with van der Waals surface area (Å²) in [6, 6.07) is 1.75. The number of nitrogens with one attached hydrogen (secondary N) is 2. The fraction of sp³-hybridized carbons (Fsp3) is 0.423. The van der Waals surface area contributed by atoms with Crippen molar-refractivity contribution in [2.45, 2.75) is 51.1 Å². The summed E-state index contributed by atoms with van der Waals surface area (Å²) >= 11 is 1.46. The molecule has 196 valence electrons. The van der Waals surface area contributed by atoms with Gasteiger partial charge in [0.25, 0.3) is 5.91 Å². The highest BCUT2D eigenvalue weighted by Gasteiger charge is 2.49. The van der Waals surface area contributed by atoms with Crippen molar-refractivity contribution in [3.8, 4) is 16.3 Å². The maximum Gasteiger partial charge on any atom is 0.260 e. The van der Waals surface area contributed by atoms with Crippen LogP contribution in [0.3, 0.4) is 0 Å². The number of anilines is 2. The van der Waals surface area contributed by atoms with E-state index >= 15 is 0 Å². The molecule has 0 radical (unpaired) electrons. The number of carbonyl (C=O) groups excluding carboxylic acids is 2. The molecular formula is C26H28N8O3S. The van der Waals surface area contributed by atoms with Crippen LogP contribution in [0, 0.1) is 6.92 Å². The van der Waals surface area contributed by atoms with E-state index in [-0.39, 0.29) is 17.4 Å². The zero-order chi connectivity index (χ0) is 25.9. The van der Waals surface area contributed by atoms with E-state index in [1.807, 2.05) is 17.8 Å². The lowest BCUT2D eigenvalue weighted by atomic mass is 9.68. The maximum absolute atomic E-state index is 13.3. The van der Waals surface area contributed by atoms with Gasteiger partial charge in [0.2, 0.25) is 11.8 Å². The summed E-state index contributed by atoms with van der Waals surface area (Å²) < 4.78 is 9.41. The van der Waals surface area contributed by atoms with Crippen LogP contribution in [-0.4, -0.2) is 66.3 Å². The highest BCUT2D eigenvalue weighted by atomic mass is 32.1. The monoisotopic (exact) mass is 532 g/mol. The molecule has 3 aliphatic rings. The third-order valence-electron chi connectivity index (χ3n) is 8.01. The summed E-state index contributed by atoms with van der Waals surface area (Å²) in [6.45, 7) is 4.68. The number of aromatic nitrogens is 5. The zero-order valence-electron chi connectivity index (χ0n) is 21.1. The van der Waals surface area contributed by atoms with Crippen LogP contribution in [0.1, 0.15) is 48.2 Å². The van der Waals surface area contributed by atoms with Crippen LogP contribution >= 0.6 is 11.3 Å². The van der Waals surface area contributed by atoms with E-state index in [1.54, 1.807) is 29.2 Å². The molecule has 12 heteroatoms. The molecule has 38 heavy (non-hydrogen) atoms. The van der Waals surface area contributed by atoms with E-state index in [4.69, 9.17) is 4.74 Å². The van der Waals surface area contributed by atoms with Gasteiger partial charge in [-0.3, -0.25) is 19.5 Å². The topological polar surface area (TPSA) is 119 Å². The van der Waals surface area contributed by atoms with Crippen LogP contribution in [0.5, 0.6) is 5.88 Å². The number of amides is 2. The van der Waals surface area contributed by atoms with Gasteiger partial charge >= 0.3 is 0 Å². The quantitative estimate of drug-likeness (QED) is 0.390. The minimum absolute atomic E-state index is 0.0605. The lowest BCUT2D eigenvalue weighted by Gasteiger charge is -2.58. The van der Waals surface area contributed by atoms with Gasteiger partial charge in [-0.2, -0.15) is 10.2 Å². The normalized spacial score (nSPS) is 17.9. The number of hydrogen-bond acceptors (Lipinski definition) is 8. The first kappa shape index (κ1) is 23.4. The minimum Gasteiger partial charge on any atom is -0.477 e. The van der Waals surface area contributed by atoms with Gasteiger partial charge in [0.15, 0.2) is 0 Å². The predicted molar refractivity (Wildman–Crippen MR) is 143 cm³/mol. The molecule has 6 heterocycles. The van der Waals surface area contributed by atoms with E-state index in [0.717, 1.165) is 40.7 Å². The number of rotatable bonds is 6. The van der Waals surface area contributed by atoms with Crippen molar-refractivity contribution >= 4 is 39.4 Å². The number of ether oxygens (including phenoxy) is 1. The Morgan fingerprint density at radius 1 is 1.11 bits per heavy atom. The highest BCUT2D eigenvalue weighted by molar-refractivity contribution is 7.21. The Kier molecular flexibility index (Phi) is 5.48. The van der Waals surface area contributed by atoms with Crippen molar-refractivity contribution < 1.29 is 14.3 Å². The minimum atomic E-state index is -0.289. The average molecular weight is 533 g/mol. The van der Waals surface area contributed by atoms with Gasteiger partial charge in [-0.15, -0.1) is 11.3 Å². The number of pyridine rings is 1. The molecule has 0 aromatic carbocycles. The van der Waals surface area contributed by atoms with Gasteiger partial charge < -0.3 is 15.4 Å². The first-order chi connectivity index (χ1) is 18.5. The van der Waals surface area contributed by atoms with E-state index in [9.17, 15) is 9.59 Å². The molecule has 2 aliphatic heterocycles. The second-order valence-corrected chi connectivity index (χ2v) is 11.3. The molecule has 1 saturated carbocycles. The van der Waals surface area contributed by atoms with Gasteiger partial charge in [-0.05, 0) is 38.7 Å². The average Bonchev–Trinajstić information content (AvgIpc) is 3.57. The zero-order valence-corrected chi connectivity index (χ0v) is 21.9. The van der Waals surface area contributed by atoms with Crippen LogP contribution < -0.4 is 15.4 Å². The van der Waals surface area contributed by atoms with Crippen molar-refractivity contribution in [2.75, 3.05) is 30.3 Å². The van der Waals surface area contributed by atoms with Crippen LogP contribution in [0.15, 0.2) is 30.9 Å². The summed E-state index contributed by atoms with van der Waals surface area (Å²) in [4.78, 5) is 34.3. The van der Waals surface area contributed by atoms with Gasteiger partial charge in [-0.25, -0.2) is 9.20 Å². The molecule has 2 amide bonds. The van der Waals surface area contributed by atoms with Crippen LogP contribution in [0.2, 0.25) is 0 Å². The van der Waals surface area contributed by atoms with E-state index < -0.39 is 0 Å². The number of likely N-dealkylation sites (tertiary alicyclic amines) is 1. The fourth-order valence-corrected chi connectivity index (χ4v) is 6.64. The van der Waals surface area contributed by atoms with Crippen molar-refractivity contribution in [3.05, 3.63) is 42.1 Å². The van der Waals surface area contributed by atoms with Gasteiger partial charge in [0, 0.05) is 31.2 Å². The molecule has 0 atom stereocenters. The van der Waals surface area contributed by atoms with Gasteiger partial charge in [0.1, 0.15) is 4.83 Å². The molecule has 4 aromatic heterocycles. The molecule has 2 fully saturated rings. The molecule has 1 spiro atoms. The molecule has 1 saturated heterocycles. The molecular weight excluding hydrogens is 504 g/mol. The second kappa shape index (κ2) is 8.91.